The second-order valence-electron chi connectivity index (χ2n) is 4.18. The van der Waals surface area contributed by atoms with Crippen LogP contribution in [0.1, 0.15) is 15.9 Å². The normalized spacial score (nSPS) is 10.2. The van der Waals surface area contributed by atoms with Crippen LogP contribution in [0.4, 0.5) is 5.69 Å². The van der Waals surface area contributed by atoms with Gasteiger partial charge in [-0.2, -0.15) is 0 Å². The fourth-order valence-corrected chi connectivity index (χ4v) is 2.25. The number of phenols is 1. The summed E-state index contributed by atoms with van der Waals surface area (Å²) in [6.07, 6.45) is 0. The molecule has 2 aromatic rings. The molecule has 0 radical (unpaired) electrons. The highest BCUT2D eigenvalue weighted by molar-refractivity contribution is 14.1. The van der Waals surface area contributed by atoms with Crippen molar-refractivity contribution in [2.24, 2.45) is 5.73 Å². The van der Waals surface area contributed by atoms with Crippen molar-refractivity contribution in [2.45, 2.75) is 0 Å². The molecule has 2 rings (SSSR count). The molecule has 0 atom stereocenters. The number of nitrogens with one attached hydrogen (secondary N) is 1. The van der Waals surface area contributed by atoms with Crippen molar-refractivity contribution in [2.75, 3.05) is 5.32 Å². The van der Waals surface area contributed by atoms with E-state index in [1.165, 1.54) is 6.07 Å². The largest absolute Gasteiger partial charge is 0.507 e. The maximum absolute atomic E-state index is 12.2. The Hall–Kier alpha value is -1.38. The molecule has 0 aliphatic heterocycles. The first-order valence-corrected chi connectivity index (χ1v) is 7.64. The fraction of sp³-hybridized carbons (Fsp3) is 0. The Kier molecular flexibility index (Phi) is 5.02. The van der Waals surface area contributed by atoms with E-state index < -0.39 is 0 Å². The first-order valence-electron chi connectivity index (χ1n) is 5.77. The van der Waals surface area contributed by atoms with Gasteiger partial charge in [0, 0.05) is 11.1 Å². The Morgan fingerprint density at radius 3 is 2.52 bits per heavy atom. The maximum Gasteiger partial charge on any atom is 0.255 e. The van der Waals surface area contributed by atoms with E-state index in [-0.39, 0.29) is 16.6 Å². The molecule has 4 nitrogen and oxygen atoms in total. The zero-order valence-corrected chi connectivity index (χ0v) is 14.3. The van der Waals surface area contributed by atoms with Crippen LogP contribution in [0.5, 0.6) is 5.75 Å². The van der Waals surface area contributed by atoms with E-state index in [1.54, 1.807) is 30.3 Å². The van der Waals surface area contributed by atoms with Gasteiger partial charge in [0.1, 0.15) is 10.7 Å². The van der Waals surface area contributed by atoms with E-state index in [0.717, 1.165) is 0 Å². The van der Waals surface area contributed by atoms with Crippen LogP contribution in [0.3, 0.4) is 0 Å². The number of amides is 1. The minimum absolute atomic E-state index is 0.0474. The van der Waals surface area contributed by atoms with Crippen LogP contribution < -0.4 is 11.1 Å². The number of aromatic hydroxyl groups is 1. The molecule has 2 aromatic carbocycles. The number of halogens is 2. The Morgan fingerprint density at radius 2 is 1.90 bits per heavy atom. The molecule has 1 amide bonds. The lowest BCUT2D eigenvalue weighted by atomic mass is 10.1. The van der Waals surface area contributed by atoms with Gasteiger partial charge in [-0.25, -0.2) is 0 Å². The zero-order chi connectivity index (χ0) is 15.6. The standard InChI is InChI=1S/C14H10ClIN2O2S/c15-9-3-1-7(13(17)21)5-11(9)18-14(20)8-2-4-10(16)12(19)6-8/h1-6,19H,(H2,17,21)(H,18,20). The minimum atomic E-state index is -0.385. The molecule has 4 N–H and O–H groups in total. The molecule has 108 valence electrons. The molecule has 21 heavy (non-hydrogen) atoms. The van der Waals surface area contributed by atoms with Gasteiger partial charge in [0.05, 0.1) is 14.3 Å². The van der Waals surface area contributed by atoms with E-state index >= 15 is 0 Å². The first kappa shape index (κ1) is 16.0. The molecule has 0 aliphatic rings. The highest BCUT2D eigenvalue weighted by Crippen LogP contribution is 2.25. The van der Waals surface area contributed by atoms with Crippen molar-refractivity contribution in [1.82, 2.24) is 0 Å². The van der Waals surface area contributed by atoms with Gasteiger partial charge in [0.25, 0.3) is 5.91 Å². The highest BCUT2D eigenvalue weighted by Gasteiger charge is 2.11. The topological polar surface area (TPSA) is 75.3 Å². The van der Waals surface area contributed by atoms with E-state index in [2.05, 4.69) is 5.32 Å². The van der Waals surface area contributed by atoms with Crippen molar-refractivity contribution in [3.63, 3.8) is 0 Å². The summed E-state index contributed by atoms with van der Waals surface area (Å²) >= 11 is 12.9. The Bertz CT molecular complexity index is 737. The molecule has 0 aromatic heterocycles. The number of thiocarbonyl (C=S) groups is 1. The minimum Gasteiger partial charge on any atom is -0.507 e. The van der Waals surface area contributed by atoms with E-state index in [4.69, 9.17) is 29.6 Å². The molecule has 0 fully saturated rings. The van der Waals surface area contributed by atoms with Crippen LogP contribution in [0.15, 0.2) is 36.4 Å². The van der Waals surface area contributed by atoms with Gasteiger partial charge in [0.15, 0.2) is 0 Å². The van der Waals surface area contributed by atoms with Crippen LogP contribution >= 0.6 is 46.4 Å². The van der Waals surface area contributed by atoms with Gasteiger partial charge < -0.3 is 16.2 Å². The molecule has 0 saturated heterocycles. The Labute approximate surface area is 145 Å². The number of carbonyl (C=O) groups excluding carboxylic acids is 1. The van der Waals surface area contributed by atoms with E-state index in [0.29, 0.717) is 25.4 Å². The van der Waals surface area contributed by atoms with Gasteiger partial charge in [-0.15, -0.1) is 0 Å². The zero-order valence-electron chi connectivity index (χ0n) is 10.6. The van der Waals surface area contributed by atoms with Crippen molar-refractivity contribution in [3.8, 4) is 5.75 Å². The van der Waals surface area contributed by atoms with Gasteiger partial charge >= 0.3 is 0 Å². The SMILES string of the molecule is NC(=S)c1ccc(Cl)c(NC(=O)c2ccc(I)c(O)c2)c1. The molecular formula is C14H10ClIN2O2S. The summed E-state index contributed by atoms with van der Waals surface area (Å²) in [6, 6.07) is 9.55. The number of hydrogen-bond acceptors (Lipinski definition) is 3. The third-order valence-electron chi connectivity index (χ3n) is 2.71. The average molecular weight is 433 g/mol. The summed E-state index contributed by atoms with van der Waals surface area (Å²) in [6.45, 7) is 0. The third kappa shape index (κ3) is 3.84. The van der Waals surface area contributed by atoms with Crippen molar-refractivity contribution < 1.29 is 9.90 Å². The van der Waals surface area contributed by atoms with Crippen LogP contribution in [0.25, 0.3) is 0 Å². The molecular weight excluding hydrogens is 423 g/mol. The Morgan fingerprint density at radius 1 is 1.24 bits per heavy atom. The number of phenolic OH excluding ortho intramolecular Hbond substituents is 1. The second-order valence-corrected chi connectivity index (χ2v) is 6.19. The second kappa shape index (κ2) is 6.59. The lowest BCUT2D eigenvalue weighted by molar-refractivity contribution is 0.102. The summed E-state index contributed by atoms with van der Waals surface area (Å²) in [5, 5.41) is 12.7. The van der Waals surface area contributed by atoms with Crippen LogP contribution in [0, 0.1) is 3.57 Å². The number of nitrogens with two attached hydrogens (primary N) is 1. The Balaban J connectivity index is 2.28. The van der Waals surface area contributed by atoms with Gasteiger partial charge in [-0.3, -0.25) is 4.79 Å². The van der Waals surface area contributed by atoms with Crippen molar-refractivity contribution in [1.29, 1.82) is 0 Å². The number of rotatable bonds is 3. The molecule has 0 spiro atoms. The smallest absolute Gasteiger partial charge is 0.255 e. The number of anilines is 1. The third-order valence-corrected chi connectivity index (χ3v) is 4.18. The predicted molar refractivity (Wildman–Crippen MR) is 96.1 cm³/mol. The first-order chi connectivity index (χ1) is 9.88. The number of carbonyl (C=O) groups is 1. The molecule has 0 aliphatic carbocycles. The lowest BCUT2D eigenvalue weighted by Crippen LogP contribution is -2.14. The highest BCUT2D eigenvalue weighted by atomic mass is 127. The average Bonchev–Trinajstić information content (AvgIpc) is 2.43. The molecule has 0 saturated carbocycles. The van der Waals surface area contributed by atoms with Crippen molar-refractivity contribution >= 4 is 63.0 Å². The summed E-state index contributed by atoms with van der Waals surface area (Å²) in [5.74, 6) is -0.338. The molecule has 0 unspecified atom stereocenters. The molecule has 7 heteroatoms. The van der Waals surface area contributed by atoms with Gasteiger partial charge in [0.2, 0.25) is 0 Å². The van der Waals surface area contributed by atoms with Gasteiger partial charge in [-0.05, 0) is 52.9 Å². The van der Waals surface area contributed by atoms with Crippen LogP contribution in [0.2, 0.25) is 5.02 Å². The predicted octanol–water partition coefficient (Wildman–Crippen LogP) is 3.54. The number of hydrogen-bond donors (Lipinski definition) is 3. The summed E-state index contributed by atoms with van der Waals surface area (Å²) in [4.78, 5) is 12.4. The van der Waals surface area contributed by atoms with Crippen molar-refractivity contribution in [3.05, 3.63) is 56.1 Å². The monoisotopic (exact) mass is 432 g/mol. The van der Waals surface area contributed by atoms with Crippen LogP contribution in [-0.4, -0.2) is 16.0 Å². The lowest BCUT2D eigenvalue weighted by Gasteiger charge is -2.09. The van der Waals surface area contributed by atoms with Crippen LogP contribution in [-0.2, 0) is 0 Å². The molecule has 0 bridgehead atoms. The number of benzene rings is 2. The van der Waals surface area contributed by atoms with E-state index in [1.807, 2.05) is 22.6 Å². The fourth-order valence-electron chi connectivity index (χ4n) is 1.62. The molecule has 0 heterocycles. The quantitative estimate of drug-likeness (QED) is 0.512. The summed E-state index contributed by atoms with van der Waals surface area (Å²) < 4.78 is 0.665. The van der Waals surface area contributed by atoms with Gasteiger partial charge in [-0.1, -0.05) is 29.9 Å². The summed E-state index contributed by atoms with van der Waals surface area (Å²) in [5.41, 5.74) is 6.89. The summed E-state index contributed by atoms with van der Waals surface area (Å²) in [7, 11) is 0. The maximum atomic E-state index is 12.2. The van der Waals surface area contributed by atoms with E-state index in [9.17, 15) is 9.90 Å².